The van der Waals surface area contributed by atoms with E-state index in [1.54, 1.807) is 0 Å². The van der Waals surface area contributed by atoms with Gasteiger partial charge in [0.05, 0.1) is 0 Å². The molecule has 0 amide bonds. The lowest BCUT2D eigenvalue weighted by atomic mass is 9.73. The van der Waals surface area contributed by atoms with Crippen LogP contribution in [0.5, 0.6) is 0 Å². The van der Waals surface area contributed by atoms with Crippen LogP contribution in [0.1, 0.15) is 13.3 Å². The number of esters is 1. The second kappa shape index (κ2) is 3.68. The summed E-state index contributed by atoms with van der Waals surface area (Å²) in [6, 6.07) is 0. The molecule has 1 saturated carbocycles. The molecule has 0 aromatic heterocycles. The van der Waals surface area contributed by atoms with Crippen molar-refractivity contribution in [1.29, 1.82) is 0 Å². The van der Waals surface area contributed by atoms with E-state index in [1.807, 2.05) is 0 Å². The van der Waals surface area contributed by atoms with Crippen LogP contribution < -0.4 is 0 Å². The Labute approximate surface area is 117 Å². The first kappa shape index (κ1) is 15.8. The summed E-state index contributed by atoms with van der Waals surface area (Å²) in [6.07, 6.45) is -8.11. The Hall–Kier alpha value is -1.13. The van der Waals surface area contributed by atoms with Gasteiger partial charge in [-0.25, -0.2) is 8.78 Å². The Kier molecular flexibility index (Phi) is 2.63. The third-order valence-corrected chi connectivity index (χ3v) is 4.48. The highest BCUT2D eigenvalue weighted by atomic mass is 19.4. The van der Waals surface area contributed by atoms with Gasteiger partial charge in [0.15, 0.2) is 0 Å². The fourth-order valence-electron chi connectivity index (χ4n) is 3.52. The van der Waals surface area contributed by atoms with Crippen molar-refractivity contribution in [1.82, 2.24) is 0 Å². The Morgan fingerprint density at radius 3 is 1.95 bits per heavy atom. The van der Waals surface area contributed by atoms with E-state index in [0.717, 1.165) is 6.92 Å². The summed E-state index contributed by atoms with van der Waals surface area (Å²) in [6.45, 7) is 0.801. The lowest BCUT2D eigenvalue weighted by molar-refractivity contribution is -0.305. The minimum Gasteiger partial charge on any atom is -0.460 e. The highest BCUT2D eigenvalue weighted by molar-refractivity contribution is 5.66. The molecule has 3 fully saturated rings. The van der Waals surface area contributed by atoms with Crippen molar-refractivity contribution >= 4 is 5.97 Å². The first-order valence-corrected chi connectivity index (χ1v) is 6.10. The maximum absolute atomic E-state index is 14.6. The van der Waals surface area contributed by atoms with Gasteiger partial charge in [0.2, 0.25) is 5.67 Å². The molecule has 1 aliphatic carbocycles. The van der Waals surface area contributed by atoms with Gasteiger partial charge in [-0.3, -0.25) is 4.79 Å². The van der Waals surface area contributed by atoms with Gasteiger partial charge >= 0.3 is 23.7 Å². The molecule has 2 bridgehead atoms. The molecule has 2 aliphatic heterocycles. The topological polar surface area (TPSA) is 35.5 Å². The zero-order valence-corrected chi connectivity index (χ0v) is 10.7. The molecule has 2 saturated heterocycles. The molecule has 2 heterocycles. The molecule has 0 spiro atoms. The zero-order valence-electron chi connectivity index (χ0n) is 10.7. The number of carbonyl (C=O) groups excluding carboxylic acids is 1. The highest BCUT2D eigenvalue weighted by Crippen LogP contribution is 2.75. The maximum Gasteiger partial charge on any atom is 0.379 e. The SMILES string of the molecule is CC(=O)OC1CC2OC1C1(F)C(F)(F)C(F)(F)C(F)(F)C21F. The van der Waals surface area contributed by atoms with Crippen LogP contribution in [0.15, 0.2) is 0 Å². The van der Waals surface area contributed by atoms with E-state index in [0.29, 0.717) is 0 Å². The van der Waals surface area contributed by atoms with Gasteiger partial charge in [0.25, 0.3) is 5.67 Å². The minimum atomic E-state index is -6.26. The molecule has 0 N–H and O–H groups in total. The molecule has 3 rings (SSSR count). The number of hydrogen-bond donors (Lipinski definition) is 0. The number of rotatable bonds is 1. The Balaban J connectivity index is 2.17. The summed E-state index contributed by atoms with van der Waals surface area (Å²) in [5.74, 6) is -19.4. The minimum absolute atomic E-state index is 0.801. The average Bonchev–Trinajstić information content (AvgIpc) is 2.88. The molecule has 3 aliphatic rings. The van der Waals surface area contributed by atoms with Crippen LogP contribution >= 0.6 is 0 Å². The van der Waals surface area contributed by atoms with Crippen molar-refractivity contribution in [2.24, 2.45) is 0 Å². The molecule has 0 radical (unpaired) electrons. The van der Waals surface area contributed by atoms with Gasteiger partial charge in [-0.05, 0) is 0 Å². The predicted octanol–water partition coefficient (Wildman–Crippen LogP) is 2.43. The van der Waals surface area contributed by atoms with Gasteiger partial charge in [-0.2, -0.15) is 26.3 Å². The summed E-state index contributed by atoms with van der Waals surface area (Å²) >= 11 is 0. The van der Waals surface area contributed by atoms with Crippen LogP contribution in [-0.2, 0) is 14.3 Å². The molecule has 0 aromatic rings. The van der Waals surface area contributed by atoms with Crippen LogP contribution in [0.3, 0.4) is 0 Å². The third-order valence-electron chi connectivity index (χ3n) is 4.48. The van der Waals surface area contributed by atoms with E-state index in [1.165, 1.54) is 0 Å². The Morgan fingerprint density at radius 2 is 1.45 bits per heavy atom. The summed E-state index contributed by atoms with van der Waals surface area (Å²) < 4.78 is 119. The standard InChI is InChI=1S/C11H8F8O3/c1-3(20)21-4-2-5-7(12)8(13,6(4)22-5)10(16,17)11(18,19)9(7,14)15/h4-6H,2H2,1H3. The van der Waals surface area contributed by atoms with E-state index in [4.69, 9.17) is 0 Å². The number of carbonyl (C=O) groups is 1. The molecule has 126 valence electrons. The zero-order chi connectivity index (χ0) is 16.9. The highest BCUT2D eigenvalue weighted by Gasteiger charge is 3.05. The van der Waals surface area contributed by atoms with Crippen LogP contribution in [0, 0.1) is 0 Å². The Morgan fingerprint density at radius 1 is 0.955 bits per heavy atom. The van der Waals surface area contributed by atoms with Crippen LogP contribution in [0.25, 0.3) is 0 Å². The average molecular weight is 340 g/mol. The summed E-state index contributed by atoms with van der Waals surface area (Å²) in [7, 11) is 0. The van der Waals surface area contributed by atoms with Gasteiger partial charge in [-0.15, -0.1) is 0 Å². The third kappa shape index (κ3) is 1.17. The second-order valence-electron chi connectivity index (χ2n) is 5.58. The van der Waals surface area contributed by atoms with Gasteiger partial charge in [0, 0.05) is 13.3 Å². The predicted molar refractivity (Wildman–Crippen MR) is 51.4 cm³/mol. The van der Waals surface area contributed by atoms with Crippen molar-refractivity contribution in [3.8, 4) is 0 Å². The molecule has 0 aromatic carbocycles. The molecule has 5 unspecified atom stereocenters. The Bertz CT molecular complexity index is 551. The van der Waals surface area contributed by atoms with Crippen LogP contribution in [0.2, 0.25) is 0 Å². The van der Waals surface area contributed by atoms with E-state index >= 15 is 0 Å². The van der Waals surface area contributed by atoms with Crippen molar-refractivity contribution in [3.63, 3.8) is 0 Å². The summed E-state index contributed by atoms with van der Waals surface area (Å²) in [5.41, 5.74) is -9.94. The quantitative estimate of drug-likeness (QED) is 0.543. The maximum atomic E-state index is 14.6. The molecular weight excluding hydrogens is 332 g/mol. The first-order valence-electron chi connectivity index (χ1n) is 6.10. The van der Waals surface area contributed by atoms with Gasteiger partial charge < -0.3 is 9.47 Å². The van der Waals surface area contributed by atoms with E-state index in [2.05, 4.69) is 9.47 Å². The van der Waals surface area contributed by atoms with Crippen LogP contribution in [-0.4, -0.2) is 53.4 Å². The van der Waals surface area contributed by atoms with Gasteiger partial charge in [0.1, 0.15) is 18.3 Å². The largest absolute Gasteiger partial charge is 0.460 e. The normalized spacial score (nSPS) is 50.0. The number of ether oxygens (including phenoxy) is 2. The van der Waals surface area contributed by atoms with Crippen molar-refractivity contribution in [3.05, 3.63) is 0 Å². The lowest BCUT2D eigenvalue weighted by Crippen LogP contribution is -2.67. The second-order valence-corrected chi connectivity index (χ2v) is 5.58. The monoisotopic (exact) mass is 340 g/mol. The number of halogens is 8. The molecule has 11 heteroatoms. The fraction of sp³-hybridized carbons (Fsp3) is 0.909. The van der Waals surface area contributed by atoms with Gasteiger partial charge in [-0.1, -0.05) is 0 Å². The van der Waals surface area contributed by atoms with Crippen molar-refractivity contribution in [2.75, 3.05) is 0 Å². The molecule has 3 nitrogen and oxygen atoms in total. The summed E-state index contributed by atoms with van der Waals surface area (Å²) in [5, 5.41) is 0. The molecule has 22 heavy (non-hydrogen) atoms. The fourth-order valence-corrected chi connectivity index (χ4v) is 3.52. The molecular formula is C11H8F8O3. The van der Waals surface area contributed by atoms with Crippen molar-refractivity contribution < 1.29 is 49.4 Å². The smallest absolute Gasteiger partial charge is 0.379 e. The number of alkyl halides is 8. The summed E-state index contributed by atoms with van der Waals surface area (Å²) in [4.78, 5) is 10.8. The molecule has 5 atom stereocenters. The van der Waals surface area contributed by atoms with Crippen molar-refractivity contribution in [2.45, 2.75) is 60.8 Å². The number of fused-ring (bicyclic) bond motifs is 5. The lowest BCUT2D eigenvalue weighted by Gasteiger charge is -2.39. The van der Waals surface area contributed by atoms with E-state index < -0.39 is 59.8 Å². The van der Waals surface area contributed by atoms with E-state index in [9.17, 15) is 39.9 Å². The van der Waals surface area contributed by atoms with Crippen LogP contribution in [0.4, 0.5) is 35.1 Å². The van der Waals surface area contributed by atoms with E-state index in [-0.39, 0.29) is 0 Å². The first-order chi connectivity index (χ1) is 9.76. The number of hydrogen-bond acceptors (Lipinski definition) is 3.